The zero-order valence-corrected chi connectivity index (χ0v) is 12.5. The topological polar surface area (TPSA) is 50.4 Å². The highest BCUT2D eigenvalue weighted by Gasteiger charge is 2.31. The van der Waals surface area contributed by atoms with Gasteiger partial charge in [-0.25, -0.2) is 0 Å². The molecule has 1 aromatic heterocycles. The molecule has 1 aromatic rings. The van der Waals surface area contributed by atoms with E-state index in [-0.39, 0.29) is 18.1 Å². The molecular weight excluding hydrogens is 272 g/mol. The summed E-state index contributed by atoms with van der Waals surface area (Å²) in [6, 6.07) is 4.36. The molecule has 2 aliphatic rings. The molecule has 2 unspecified atom stereocenters. The van der Waals surface area contributed by atoms with Crippen LogP contribution in [0.4, 0.5) is 0 Å². The minimum Gasteiger partial charge on any atom is -0.366 e. The molecule has 1 saturated heterocycles. The third-order valence-corrected chi connectivity index (χ3v) is 5.19. The Morgan fingerprint density at radius 1 is 1.45 bits per heavy atom. The molecular formula is C15H22N2O2S. The molecule has 1 amide bonds. The van der Waals surface area contributed by atoms with Gasteiger partial charge >= 0.3 is 0 Å². The highest BCUT2D eigenvalue weighted by atomic mass is 32.1. The van der Waals surface area contributed by atoms with Gasteiger partial charge in [-0.3, -0.25) is 4.79 Å². The Hall–Kier alpha value is -0.910. The zero-order chi connectivity index (χ0) is 13.8. The van der Waals surface area contributed by atoms with Crippen molar-refractivity contribution in [1.29, 1.82) is 0 Å². The normalized spacial score (nSPS) is 25.5. The molecule has 4 nitrogen and oxygen atoms in total. The molecule has 0 spiro atoms. The van der Waals surface area contributed by atoms with Gasteiger partial charge in [0.15, 0.2) is 0 Å². The number of hydrogen-bond donors (Lipinski definition) is 2. The van der Waals surface area contributed by atoms with Gasteiger partial charge in [-0.15, -0.1) is 11.3 Å². The van der Waals surface area contributed by atoms with Crippen molar-refractivity contribution in [2.75, 3.05) is 19.7 Å². The number of carbonyl (C=O) groups excluding carboxylic acids is 1. The summed E-state index contributed by atoms with van der Waals surface area (Å²) in [7, 11) is 0. The zero-order valence-electron chi connectivity index (χ0n) is 11.6. The van der Waals surface area contributed by atoms with E-state index in [9.17, 15) is 4.79 Å². The maximum absolute atomic E-state index is 12.4. The monoisotopic (exact) mass is 294 g/mol. The summed E-state index contributed by atoms with van der Waals surface area (Å²) in [6.45, 7) is 2.07. The van der Waals surface area contributed by atoms with Gasteiger partial charge in [0.1, 0.15) is 6.10 Å². The fraction of sp³-hybridized carbons (Fsp3) is 0.667. The van der Waals surface area contributed by atoms with Gasteiger partial charge in [0, 0.05) is 18.0 Å². The Labute approximate surface area is 123 Å². The lowest BCUT2D eigenvalue weighted by Gasteiger charge is -2.28. The molecule has 0 bridgehead atoms. The van der Waals surface area contributed by atoms with Crippen LogP contribution >= 0.6 is 11.3 Å². The van der Waals surface area contributed by atoms with Crippen molar-refractivity contribution in [3.05, 3.63) is 22.4 Å². The van der Waals surface area contributed by atoms with E-state index < -0.39 is 0 Å². The van der Waals surface area contributed by atoms with Crippen molar-refractivity contribution in [3.63, 3.8) is 0 Å². The van der Waals surface area contributed by atoms with Crippen LogP contribution in [0.15, 0.2) is 17.5 Å². The first-order valence-electron chi connectivity index (χ1n) is 7.50. The first kappa shape index (κ1) is 14.0. The fourth-order valence-electron chi connectivity index (χ4n) is 3.16. The van der Waals surface area contributed by atoms with Gasteiger partial charge in [0.2, 0.25) is 0 Å². The predicted molar refractivity (Wildman–Crippen MR) is 79.8 cm³/mol. The molecule has 3 rings (SSSR count). The number of rotatable bonds is 4. The van der Waals surface area contributed by atoms with Crippen LogP contribution < -0.4 is 10.6 Å². The summed E-state index contributed by atoms with van der Waals surface area (Å²) in [5, 5.41) is 8.53. The van der Waals surface area contributed by atoms with E-state index in [2.05, 4.69) is 28.1 Å². The van der Waals surface area contributed by atoms with E-state index >= 15 is 0 Å². The molecule has 1 saturated carbocycles. The quantitative estimate of drug-likeness (QED) is 0.894. The smallest absolute Gasteiger partial charge is 0.250 e. The Bertz CT molecular complexity index is 423. The van der Waals surface area contributed by atoms with Crippen molar-refractivity contribution >= 4 is 17.2 Å². The summed E-state index contributed by atoms with van der Waals surface area (Å²) in [5.41, 5.74) is 0. The summed E-state index contributed by atoms with van der Waals surface area (Å²) in [5.74, 6) is 0.608. The van der Waals surface area contributed by atoms with Crippen LogP contribution in [-0.4, -0.2) is 31.7 Å². The maximum Gasteiger partial charge on any atom is 0.250 e. The first-order valence-corrected chi connectivity index (χ1v) is 8.38. The molecule has 20 heavy (non-hydrogen) atoms. The molecule has 0 radical (unpaired) electrons. The molecule has 1 aliphatic heterocycles. The van der Waals surface area contributed by atoms with E-state index in [4.69, 9.17) is 4.74 Å². The SMILES string of the molecule is O=C(NC(c1cccs1)C1CCCC1)C1CNCCO1. The fourth-order valence-corrected chi connectivity index (χ4v) is 4.03. The van der Waals surface area contributed by atoms with Crippen LogP contribution in [-0.2, 0) is 9.53 Å². The summed E-state index contributed by atoms with van der Waals surface area (Å²) >= 11 is 1.74. The van der Waals surface area contributed by atoms with Gasteiger partial charge in [-0.05, 0) is 30.2 Å². The van der Waals surface area contributed by atoms with Crippen LogP contribution in [0.1, 0.15) is 36.6 Å². The van der Waals surface area contributed by atoms with Gasteiger partial charge in [0.25, 0.3) is 5.91 Å². The van der Waals surface area contributed by atoms with Crippen LogP contribution in [0.25, 0.3) is 0 Å². The van der Waals surface area contributed by atoms with E-state index in [0.717, 1.165) is 6.54 Å². The lowest BCUT2D eigenvalue weighted by atomic mass is 9.96. The molecule has 5 heteroatoms. The Kier molecular flexibility index (Phi) is 4.70. The number of morpholine rings is 1. The average Bonchev–Trinajstić information content (AvgIpc) is 3.19. The summed E-state index contributed by atoms with van der Waals surface area (Å²) < 4.78 is 5.55. The Morgan fingerprint density at radius 3 is 2.95 bits per heavy atom. The third-order valence-electron chi connectivity index (χ3n) is 4.24. The number of ether oxygens (including phenoxy) is 1. The summed E-state index contributed by atoms with van der Waals surface area (Å²) in [4.78, 5) is 13.7. The molecule has 1 aliphatic carbocycles. The van der Waals surface area contributed by atoms with Crippen LogP contribution in [0.5, 0.6) is 0 Å². The standard InChI is InChI=1S/C15H22N2O2S/c18-15(12-10-16-7-8-19-12)17-14(11-4-1-2-5-11)13-6-3-9-20-13/h3,6,9,11-12,14,16H,1-2,4-5,7-8,10H2,(H,17,18). The number of hydrogen-bond acceptors (Lipinski definition) is 4. The van der Waals surface area contributed by atoms with E-state index in [1.165, 1.54) is 30.6 Å². The average molecular weight is 294 g/mol. The van der Waals surface area contributed by atoms with Crippen molar-refractivity contribution < 1.29 is 9.53 Å². The van der Waals surface area contributed by atoms with Crippen molar-refractivity contribution in [2.24, 2.45) is 5.92 Å². The molecule has 2 N–H and O–H groups in total. The Morgan fingerprint density at radius 2 is 2.30 bits per heavy atom. The second-order valence-corrected chi connectivity index (χ2v) is 6.59. The molecule has 2 fully saturated rings. The van der Waals surface area contributed by atoms with E-state index in [1.54, 1.807) is 11.3 Å². The van der Waals surface area contributed by atoms with Crippen molar-refractivity contribution in [3.8, 4) is 0 Å². The third kappa shape index (κ3) is 3.22. The largest absolute Gasteiger partial charge is 0.366 e. The summed E-state index contributed by atoms with van der Waals surface area (Å²) in [6.07, 6.45) is 4.65. The van der Waals surface area contributed by atoms with Crippen molar-refractivity contribution in [2.45, 2.75) is 37.8 Å². The number of thiophene rings is 1. The van der Waals surface area contributed by atoms with Gasteiger partial charge in [0.05, 0.1) is 12.6 Å². The van der Waals surface area contributed by atoms with E-state index in [1.807, 2.05) is 0 Å². The molecule has 0 aromatic carbocycles. The van der Waals surface area contributed by atoms with Gasteiger partial charge < -0.3 is 15.4 Å². The highest BCUT2D eigenvalue weighted by Crippen LogP contribution is 2.37. The van der Waals surface area contributed by atoms with Crippen LogP contribution in [0, 0.1) is 5.92 Å². The lowest BCUT2D eigenvalue weighted by Crippen LogP contribution is -2.49. The second kappa shape index (κ2) is 6.70. The number of nitrogens with one attached hydrogen (secondary N) is 2. The first-order chi connectivity index (χ1) is 9.84. The number of carbonyl (C=O) groups is 1. The lowest BCUT2D eigenvalue weighted by molar-refractivity contribution is -0.135. The van der Waals surface area contributed by atoms with Gasteiger partial charge in [-0.2, -0.15) is 0 Å². The van der Waals surface area contributed by atoms with Crippen LogP contribution in [0.3, 0.4) is 0 Å². The second-order valence-electron chi connectivity index (χ2n) is 5.61. The minimum absolute atomic E-state index is 0.0301. The van der Waals surface area contributed by atoms with Crippen molar-refractivity contribution in [1.82, 2.24) is 10.6 Å². The van der Waals surface area contributed by atoms with E-state index in [0.29, 0.717) is 19.1 Å². The maximum atomic E-state index is 12.4. The Balaban J connectivity index is 1.67. The van der Waals surface area contributed by atoms with Gasteiger partial charge in [-0.1, -0.05) is 18.9 Å². The molecule has 2 heterocycles. The minimum atomic E-state index is -0.340. The predicted octanol–water partition coefficient (Wildman–Crippen LogP) is 2.08. The molecule has 110 valence electrons. The number of amides is 1. The van der Waals surface area contributed by atoms with Crippen LogP contribution in [0.2, 0.25) is 0 Å². The molecule has 2 atom stereocenters. The highest BCUT2D eigenvalue weighted by molar-refractivity contribution is 7.10.